The van der Waals surface area contributed by atoms with Gasteiger partial charge in [0.15, 0.2) is 11.6 Å². The summed E-state index contributed by atoms with van der Waals surface area (Å²) in [7, 11) is 0. The quantitative estimate of drug-likeness (QED) is 0.202. The Morgan fingerprint density at radius 2 is 1.51 bits per heavy atom. The molecule has 2 N–H and O–H groups in total. The van der Waals surface area contributed by atoms with Gasteiger partial charge < -0.3 is 15.4 Å². The van der Waals surface area contributed by atoms with Crippen molar-refractivity contribution in [2.45, 2.75) is 24.6 Å². The Bertz CT molecular complexity index is 1470. The average molecular weight is 666 g/mol. The summed E-state index contributed by atoms with van der Waals surface area (Å²) in [6.07, 6.45) is -12.3. The number of amides is 2. The Labute approximate surface area is 229 Å². The zero-order valence-electron chi connectivity index (χ0n) is 19.4. The van der Waals surface area contributed by atoms with Crippen LogP contribution in [0.3, 0.4) is 0 Å². The summed E-state index contributed by atoms with van der Waals surface area (Å²) in [5.41, 5.74) is -11.1. The van der Waals surface area contributed by atoms with Crippen LogP contribution in [0, 0.1) is 11.8 Å². The Morgan fingerprint density at radius 1 is 0.878 bits per heavy atom. The summed E-state index contributed by atoms with van der Waals surface area (Å²) < 4.78 is 151. The predicted molar refractivity (Wildman–Crippen MR) is 122 cm³/mol. The van der Waals surface area contributed by atoms with E-state index >= 15 is 4.39 Å². The normalized spacial score (nSPS) is 12.3. The van der Waals surface area contributed by atoms with E-state index in [-0.39, 0.29) is 17.7 Å². The fourth-order valence-corrected chi connectivity index (χ4v) is 3.84. The molecule has 6 nitrogen and oxygen atoms in total. The fraction of sp³-hybridized carbons (Fsp3) is 0.174. The van der Waals surface area contributed by atoms with Gasteiger partial charge in [-0.1, -0.05) is 6.07 Å². The molecule has 0 saturated heterocycles. The first-order valence-electron chi connectivity index (χ1n) is 10.5. The second kappa shape index (κ2) is 11.5. The number of anilines is 2. The van der Waals surface area contributed by atoms with E-state index in [0.29, 0.717) is 6.07 Å². The van der Waals surface area contributed by atoms with Crippen LogP contribution in [0.4, 0.5) is 59.7 Å². The van der Waals surface area contributed by atoms with Crippen LogP contribution in [-0.4, -0.2) is 35.8 Å². The van der Waals surface area contributed by atoms with Gasteiger partial charge in [-0.25, -0.2) is 13.8 Å². The van der Waals surface area contributed by atoms with Crippen LogP contribution in [-0.2, 0) is 5.67 Å². The van der Waals surface area contributed by atoms with Gasteiger partial charge in [0.2, 0.25) is 5.95 Å². The summed E-state index contributed by atoms with van der Waals surface area (Å²) in [5.74, 6) is -6.58. The molecule has 0 aliphatic rings. The number of alkyl halides is 9. The second-order valence-electron chi connectivity index (χ2n) is 7.81. The molecular weight excluding hydrogens is 655 g/mol. The predicted octanol–water partition coefficient (Wildman–Crippen LogP) is 7.52. The summed E-state index contributed by atoms with van der Waals surface area (Å²) in [5, 5.41) is 3.82. The van der Waals surface area contributed by atoms with Gasteiger partial charge in [-0.05, 0) is 46.3 Å². The molecule has 18 heteroatoms. The average Bonchev–Trinajstić information content (AvgIpc) is 2.84. The highest BCUT2D eigenvalue weighted by atomic mass is 79.9. The third kappa shape index (κ3) is 6.52. The summed E-state index contributed by atoms with van der Waals surface area (Å²) in [6, 6.07) is 4.14. The highest BCUT2D eigenvalue weighted by molar-refractivity contribution is 9.10. The van der Waals surface area contributed by atoms with Gasteiger partial charge in [0.1, 0.15) is 0 Å². The molecule has 0 fully saturated rings. The Hall–Kier alpha value is -3.96. The number of benzene rings is 2. The zero-order chi connectivity index (χ0) is 30.9. The van der Waals surface area contributed by atoms with E-state index in [1.165, 1.54) is 0 Å². The van der Waals surface area contributed by atoms with Crippen LogP contribution in [0.2, 0.25) is 0 Å². The number of rotatable bonds is 7. The van der Waals surface area contributed by atoms with Crippen LogP contribution in [0.5, 0.6) is 5.75 Å². The maximum absolute atomic E-state index is 15.1. The minimum atomic E-state index is -6.60. The third-order valence-electron chi connectivity index (χ3n) is 5.17. The van der Waals surface area contributed by atoms with Crippen molar-refractivity contribution in [3.8, 4) is 5.75 Å². The summed E-state index contributed by atoms with van der Waals surface area (Å²) in [4.78, 5) is 28.3. The smallest absolute Gasteiger partial charge is 0.433 e. The monoisotopic (exact) mass is 665 g/mol. The van der Waals surface area contributed by atoms with Crippen molar-refractivity contribution in [1.29, 1.82) is 0 Å². The van der Waals surface area contributed by atoms with Gasteiger partial charge in [-0.3, -0.25) is 9.59 Å². The Balaban J connectivity index is 2.01. The highest BCUT2D eigenvalue weighted by Gasteiger charge is 2.73. The van der Waals surface area contributed by atoms with Gasteiger partial charge in [0, 0.05) is 27.9 Å². The minimum absolute atomic E-state index is 0.0875. The molecule has 1 aromatic heterocycles. The lowest BCUT2D eigenvalue weighted by Crippen LogP contribution is -2.50. The maximum atomic E-state index is 15.1. The highest BCUT2D eigenvalue weighted by Crippen LogP contribution is 2.55. The minimum Gasteiger partial charge on any atom is -0.433 e. The Morgan fingerprint density at radius 3 is 2.07 bits per heavy atom. The molecule has 0 saturated carbocycles. The van der Waals surface area contributed by atoms with E-state index in [9.17, 15) is 53.5 Å². The number of pyridine rings is 1. The molecule has 2 aromatic carbocycles. The molecule has 2 amide bonds. The number of aromatic nitrogens is 1. The molecule has 3 rings (SSSR count). The summed E-state index contributed by atoms with van der Waals surface area (Å²) in [6.45, 7) is -3.88. The van der Waals surface area contributed by atoms with E-state index in [1.54, 1.807) is 5.32 Å². The van der Waals surface area contributed by atoms with Gasteiger partial charge >= 0.3 is 24.6 Å². The van der Waals surface area contributed by atoms with Gasteiger partial charge in [0.05, 0.1) is 16.9 Å². The Kier molecular flexibility index (Phi) is 8.85. The second-order valence-corrected chi connectivity index (χ2v) is 8.66. The van der Waals surface area contributed by atoms with Gasteiger partial charge in [-0.15, -0.1) is 0 Å². The van der Waals surface area contributed by atoms with E-state index in [2.05, 4.69) is 25.7 Å². The van der Waals surface area contributed by atoms with Crippen molar-refractivity contribution < 1.29 is 62.6 Å². The molecule has 220 valence electrons. The number of carbonyl (C=O) groups excluding carboxylic acids is 2. The molecule has 0 radical (unpaired) electrons. The standard InChI is InChI=1S/C23H11BrF11N3O3/c24-12-7-10(21(29,22(30,31)32)23(33,34)35)8-14(41-20(27)28)17(12)38-19(40)11-2-1-3-13(16(11)26)37-18(39)9-4-5-36-15(25)6-9/h1-8,20H,(H,37,39)(H,38,40). The van der Waals surface area contributed by atoms with Crippen molar-refractivity contribution in [3.05, 3.63) is 81.6 Å². The topological polar surface area (TPSA) is 80.3 Å². The molecular formula is C23H11BrF11N3O3. The van der Waals surface area contributed by atoms with E-state index in [0.717, 1.165) is 30.5 Å². The van der Waals surface area contributed by atoms with Crippen LogP contribution in [0.25, 0.3) is 0 Å². The zero-order valence-corrected chi connectivity index (χ0v) is 21.0. The molecule has 0 bridgehead atoms. The number of halogens is 12. The molecule has 0 unspecified atom stereocenters. The lowest BCUT2D eigenvalue weighted by atomic mass is 9.93. The van der Waals surface area contributed by atoms with Crippen LogP contribution >= 0.6 is 15.9 Å². The molecule has 41 heavy (non-hydrogen) atoms. The third-order valence-corrected chi connectivity index (χ3v) is 5.79. The van der Waals surface area contributed by atoms with E-state index < -0.39 is 80.9 Å². The van der Waals surface area contributed by atoms with E-state index in [4.69, 9.17) is 0 Å². The first kappa shape index (κ1) is 31.6. The molecule has 1 heterocycles. The number of carbonyl (C=O) groups is 2. The van der Waals surface area contributed by atoms with Crippen molar-refractivity contribution in [2.75, 3.05) is 10.6 Å². The van der Waals surface area contributed by atoms with Crippen LogP contribution in [0.1, 0.15) is 26.3 Å². The first-order chi connectivity index (χ1) is 18.9. The van der Waals surface area contributed by atoms with Gasteiger partial charge in [-0.2, -0.15) is 39.5 Å². The molecule has 0 atom stereocenters. The van der Waals surface area contributed by atoms with Crippen molar-refractivity contribution in [3.63, 3.8) is 0 Å². The number of nitrogens with zero attached hydrogens (tertiary/aromatic N) is 1. The van der Waals surface area contributed by atoms with Crippen molar-refractivity contribution >= 4 is 39.1 Å². The SMILES string of the molecule is O=C(Nc1cccc(C(=O)Nc2c(Br)cc(C(F)(C(F)(F)F)C(F)(F)F)cc2OC(F)F)c1F)c1ccnc(F)c1. The van der Waals surface area contributed by atoms with Crippen molar-refractivity contribution in [1.82, 2.24) is 4.98 Å². The largest absolute Gasteiger partial charge is 0.435 e. The first-order valence-corrected chi connectivity index (χ1v) is 11.3. The summed E-state index contributed by atoms with van der Waals surface area (Å²) >= 11 is 2.48. The number of nitrogens with one attached hydrogen (secondary N) is 2. The number of ether oxygens (including phenoxy) is 1. The molecule has 0 spiro atoms. The molecule has 3 aromatic rings. The van der Waals surface area contributed by atoms with E-state index in [1.807, 2.05) is 5.32 Å². The fourth-order valence-electron chi connectivity index (χ4n) is 3.30. The number of hydrogen-bond acceptors (Lipinski definition) is 4. The molecule has 0 aliphatic heterocycles. The maximum Gasteiger partial charge on any atom is 0.435 e. The lowest BCUT2D eigenvalue weighted by Gasteiger charge is -2.31. The lowest BCUT2D eigenvalue weighted by molar-refractivity contribution is -0.348. The van der Waals surface area contributed by atoms with Crippen LogP contribution in [0.15, 0.2) is 53.1 Å². The molecule has 0 aliphatic carbocycles. The van der Waals surface area contributed by atoms with Crippen molar-refractivity contribution in [2.24, 2.45) is 0 Å². The van der Waals surface area contributed by atoms with Gasteiger partial charge in [0.25, 0.3) is 11.8 Å². The van der Waals surface area contributed by atoms with Crippen LogP contribution < -0.4 is 15.4 Å². The number of hydrogen-bond donors (Lipinski definition) is 2.